The van der Waals surface area contributed by atoms with Crippen molar-refractivity contribution in [3.63, 3.8) is 0 Å². The number of nitrogens with zero attached hydrogens (tertiary/aromatic N) is 1. The molecule has 0 bridgehead atoms. The van der Waals surface area contributed by atoms with E-state index in [1.54, 1.807) is 6.07 Å². The Balaban J connectivity index is 3.09. The van der Waals surface area contributed by atoms with Crippen molar-refractivity contribution in [1.29, 1.82) is 5.26 Å². The van der Waals surface area contributed by atoms with Crippen molar-refractivity contribution in [3.05, 3.63) is 35.4 Å². The molecule has 0 heterocycles. The van der Waals surface area contributed by atoms with Crippen molar-refractivity contribution in [2.24, 2.45) is 5.92 Å². The van der Waals surface area contributed by atoms with Crippen molar-refractivity contribution < 1.29 is 13.6 Å². The normalized spacial score (nSPS) is 11.9. The van der Waals surface area contributed by atoms with E-state index in [0.717, 1.165) is 12.1 Å². The van der Waals surface area contributed by atoms with Crippen LogP contribution in [0.25, 0.3) is 0 Å². The van der Waals surface area contributed by atoms with Crippen molar-refractivity contribution in [2.45, 2.75) is 6.92 Å². The minimum absolute atomic E-state index is 0.250. The number of hydrogen-bond acceptors (Lipinski definition) is 2. The summed E-state index contributed by atoms with van der Waals surface area (Å²) in [5, 5.41) is 8.44. The van der Waals surface area contributed by atoms with E-state index in [4.69, 9.17) is 5.26 Å². The topological polar surface area (TPSA) is 40.9 Å². The summed E-state index contributed by atoms with van der Waals surface area (Å²) in [6.07, 6.45) is 0. The first-order valence-corrected chi connectivity index (χ1v) is 3.95. The van der Waals surface area contributed by atoms with Gasteiger partial charge in [-0.25, -0.2) is 8.78 Å². The van der Waals surface area contributed by atoms with Crippen LogP contribution in [0, 0.1) is 28.9 Å². The predicted octanol–water partition coefficient (Wildman–Crippen LogP) is 2.31. The van der Waals surface area contributed by atoms with Crippen LogP contribution in [0.2, 0.25) is 0 Å². The second-order valence-corrected chi connectivity index (χ2v) is 2.84. The Hall–Kier alpha value is -1.76. The molecule has 0 amide bonds. The summed E-state index contributed by atoms with van der Waals surface area (Å²) in [4.78, 5) is 11.3. The third-order valence-electron chi connectivity index (χ3n) is 1.78. The highest BCUT2D eigenvalue weighted by Gasteiger charge is 2.18. The van der Waals surface area contributed by atoms with Gasteiger partial charge in [-0.1, -0.05) is 0 Å². The summed E-state index contributed by atoms with van der Waals surface area (Å²) in [5.74, 6) is -3.24. The predicted molar refractivity (Wildman–Crippen MR) is 45.5 cm³/mol. The number of benzene rings is 1. The Labute approximate surface area is 79.8 Å². The van der Waals surface area contributed by atoms with Crippen molar-refractivity contribution in [3.8, 4) is 6.07 Å². The zero-order valence-corrected chi connectivity index (χ0v) is 7.42. The van der Waals surface area contributed by atoms with Gasteiger partial charge in [0, 0.05) is 6.07 Å². The van der Waals surface area contributed by atoms with Crippen LogP contribution >= 0.6 is 0 Å². The first kappa shape index (κ1) is 10.3. The Morgan fingerprint density at radius 1 is 1.50 bits per heavy atom. The van der Waals surface area contributed by atoms with Gasteiger partial charge in [-0.2, -0.15) is 5.26 Å². The second-order valence-electron chi connectivity index (χ2n) is 2.84. The van der Waals surface area contributed by atoms with E-state index >= 15 is 0 Å². The Morgan fingerprint density at radius 2 is 2.14 bits per heavy atom. The van der Waals surface area contributed by atoms with E-state index in [2.05, 4.69) is 0 Å². The van der Waals surface area contributed by atoms with E-state index in [1.807, 2.05) is 0 Å². The van der Waals surface area contributed by atoms with Crippen LogP contribution in [0.1, 0.15) is 17.3 Å². The van der Waals surface area contributed by atoms with Crippen LogP contribution in [0.5, 0.6) is 0 Å². The smallest absolute Gasteiger partial charge is 0.182 e. The van der Waals surface area contributed by atoms with Gasteiger partial charge in [0.2, 0.25) is 0 Å². The molecule has 0 fully saturated rings. The SMILES string of the molecule is CC(C#N)C(=O)c1ccc(F)cc1F. The summed E-state index contributed by atoms with van der Waals surface area (Å²) in [5.41, 5.74) is -0.250. The van der Waals surface area contributed by atoms with Crippen LogP contribution in [0.4, 0.5) is 8.78 Å². The lowest BCUT2D eigenvalue weighted by Gasteiger charge is -2.03. The summed E-state index contributed by atoms with van der Waals surface area (Å²) < 4.78 is 25.5. The first-order chi connectivity index (χ1) is 6.56. The van der Waals surface area contributed by atoms with Gasteiger partial charge in [-0.15, -0.1) is 0 Å². The van der Waals surface area contributed by atoms with Gasteiger partial charge in [-0.05, 0) is 19.1 Å². The summed E-state index contributed by atoms with van der Waals surface area (Å²) in [6, 6.07) is 4.35. The molecule has 0 aliphatic rings. The molecule has 1 unspecified atom stereocenters. The molecule has 0 saturated heterocycles. The van der Waals surface area contributed by atoms with Crippen LogP contribution in [-0.2, 0) is 0 Å². The Kier molecular flexibility index (Phi) is 2.92. The maximum Gasteiger partial charge on any atom is 0.182 e. The molecule has 0 aliphatic carbocycles. The molecule has 1 rings (SSSR count). The highest BCUT2D eigenvalue weighted by atomic mass is 19.1. The average Bonchev–Trinajstić information content (AvgIpc) is 2.15. The van der Waals surface area contributed by atoms with E-state index in [1.165, 1.54) is 6.92 Å². The molecule has 0 spiro atoms. The van der Waals surface area contributed by atoms with Crippen LogP contribution in [-0.4, -0.2) is 5.78 Å². The van der Waals surface area contributed by atoms with E-state index < -0.39 is 23.3 Å². The third kappa shape index (κ3) is 1.94. The molecule has 0 saturated carbocycles. The molecule has 0 radical (unpaired) electrons. The molecule has 0 aliphatic heterocycles. The Bertz CT molecular complexity index is 409. The van der Waals surface area contributed by atoms with Gasteiger partial charge in [0.25, 0.3) is 0 Å². The molecule has 1 aromatic carbocycles. The lowest BCUT2D eigenvalue weighted by atomic mass is 10.0. The number of Topliss-reactive ketones (excluding diaryl/α,β-unsaturated/α-hetero) is 1. The molecule has 14 heavy (non-hydrogen) atoms. The van der Waals surface area contributed by atoms with E-state index in [9.17, 15) is 13.6 Å². The van der Waals surface area contributed by atoms with Crippen LogP contribution in [0.3, 0.4) is 0 Å². The molecule has 4 heteroatoms. The molecule has 72 valence electrons. The molecule has 2 nitrogen and oxygen atoms in total. The van der Waals surface area contributed by atoms with Gasteiger partial charge in [0.05, 0.1) is 11.6 Å². The number of hydrogen-bond donors (Lipinski definition) is 0. The van der Waals surface area contributed by atoms with E-state index in [0.29, 0.717) is 6.07 Å². The molecular weight excluding hydrogens is 188 g/mol. The lowest BCUT2D eigenvalue weighted by molar-refractivity contribution is 0.0952. The number of ketones is 1. The Morgan fingerprint density at radius 3 is 2.64 bits per heavy atom. The minimum Gasteiger partial charge on any atom is -0.293 e. The quantitative estimate of drug-likeness (QED) is 0.679. The summed E-state index contributed by atoms with van der Waals surface area (Å²) in [7, 11) is 0. The molecule has 0 N–H and O–H groups in total. The molecule has 1 aromatic rings. The third-order valence-corrected chi connectivity index (χ3v) is 1.78. The zero-order chi connectivity index (χ0) is 10.7. The number of nitriles is 1. The van der Waals surface area contributed by atoms with Gasteiger partial charge in [0.1, 0.15) is 17.6 Å². The van der Waals surface area contributed by atoms with Crippen LogP contribution in [0.15, 0.2) is 18.2 Å². The number of rotatable bonds is 2. The van der Waals surface area contributed by atoms with Crippen LogP contribution < -0.4 is 0 Å². The highest BCUT2D eigenvalue weighted by Crippen LogP contribution is 2.13. The average molecular weight is 195 g/mol. The van der Waals surface area contributed by atoms with E-state index in [-0.39, 0.29) is 5.56 Å². The molecule has 1 atom stereocenters. The monoisotopic (exact) mass is 195 g/mol. The summed E-state index contributed by atoms with van der Waals surface area (Å²) in [6.45, 7) is 1.37. The van der Waals surface area contributed by atoms with Crippen molar-refractivity contribution in [1.82, 2.24) is 0 Å². The molecular formula is C10H7F2NO. The summed E-state index contributed by atoms with van der Waals surface area (Å²) >= 11 is 0. The van der Waals surface area contributed by atoms with Gasteiger partial charge < -0.3 is 0 Å². The fraction of sp³-hybridized carbons (Fsp3) is 0.200. The van der Waals surface area contributed by atoms with Gasteiger partial charge in [-0.3, -0.25) is 4.79 Å². The maximum atomic E-state index is 13.0. The van der Waals surface area contributed by atoms with Gasteiger partial charge >= 0.3 is 0 Å². The van der Waals surface area contributed by atoms with Crippen molar-refractivity contribution >= 4 is 5.78 Å². The zero-order valence-electron chi connectivity index (χ0n) is 7.42. The fourth-order valence-corrected chi connectivity index (χ4v) is 0.981. The second kappa shape index (κ2) is 3.97. The standard InChI is InChI=1S/C10H7F2NO/c1-6(5-13)10(14)8-3-2-7(11)4-9(8)12/h2-4,6H,1H3. The fourth-order valence-electron chi connectivity index (χ4n) is 0.981. The molecule has 0 aromatic heterocycles. The number of carbonyl (C=O) groups excluding carboxylic acids is 1. The highest BCUT2D eigenvalue weighted by molar-refractivity contribution is 5.99. The minimum atomic E-state index is -0.933. The van der Waals surface area contributed by atoms with Crippen molar-refractivity contribution in [2.75, 3.05) is 0 Å². The van der Waals surface area contributed by atoms with Gasteiger partial charge in [0.15, 0.2) is 5.78 Å². The maximum absolute atomic E-state index is 13.0. The lowest BCUT2D eigenvalue weighted by Crippen LogP contribution is -2.11. The number of carbonyl (C=O) groups is 1. The largest absolute Gasteiger partial charge is 0.293 e. The first-order valence-electron chi connectivity index (χ1n) is 3.95. The number of halogens is 2.